The van der Waals surface area contributed by atoms with E-state index < -0.39 is 5.60 Å². The zero-order valence-corrected chi connectivity index (χ0v) is 14.6. The summed E-state index contributed by atoms with van der Waals surface area (Å²) in [5.41, 5.74) is -0.441. The molecule has 2 heterocycles. The minimum absolute atomic E-state index is 0.212. The molecule has 1 aromatic heterocycles. The third-order valence-corrected chi connectivity index (χ3v) is 3.89. The summed E-state index contributed by atoms with van der Waals surface area (Å²) in [6.07, 6.45) is 1.62. The van der Waals surface area contributed by atoms with E-state index in [-0.39, 0.29) is 6.09 Å². The average molecular weight is 308 g/mol. The number of piperidine rings is 1. The van der Waals surface area contributed by atoms with Crippen molar-refractivity contribution in [2.24, 2.45) is 0 Å². The number of aryl methyl sites for hydroxylation is 1. The number of ether oxygens (including phenoxy) is 1. The van der Waals surface area contributed by atoms with Crippen molar-refractivity contribution in [2.45, 2.75) is 71.9 Å². The van der Waals surface area contributed by atoms with Gasteiger partial charge in [-0.25, -0.2) is 4.79 Å². The molecule has 6 heteroatoms. The Labute approximate surface area is 132 Å². The fourth-order valence-corrected chi connectivity index (χ4v) is 2.86. The van der Waals surface area contributed by atoms with Crippen LogP contribution < -0.4 is 0 Å². The van der Waals surface area contributed by atoms with Crippen LogP contribution in [-0.4, -0.2) is 44.4 Å². The van der Waals surface area contributed by atoms with E-state index in [2.05, 4.69) is 28.6 Å². The van der Waals surface area contributed by atoms with Gasteiger partial charge in [-0.2, -0.15) is 0 Å². The molecule has 6 nitrogen and oxygen atoms in total. The van der Waals surface area contributed by atoms with E-state index in [0.717, 1.165) is 24.5 Å². The van der Waals surface area contributed by atoms with Crippen molar-refractivity contribution in [1.29, 1.82) is 0 Å². The molecule has 1 fully saturated rings. The van der Waals surface area contributed by atoms with Crippen LogP contribution in [-0.2, 0) is 4.74 Å². The second-order valence-corrected chi connectivity index (χ2v) is 7.33. The van der Waals surface area contributed by atoms with Gasteiger partial charge < -0.3 is 14.2 Å². The Bertz CT molecular complexity index is 523. The summed E-state index contributed by atoms with van der Waals surface area (Å²) in [4.78, 5) is 13.9. The van der Waals surface area contributed by atoms with Gasteiger partial charge in [0.1, 0.15) is 17.2 Å². The number of carbonyl (C=O) groups is 1. The summed E-state index contributed by atoms with van der Waals surface area (Å²) < 4.78 is 7.69. The molecular weight excluding hydrogens is 280 g/mol. The molecular formula is C16H28N4O2. The first-order chi connectivity index (χ1) is 10.2. The predicted molar refractivity (Wildman–Crippen MR) is 84.9 cm³/mol. The lowest BCUT2D eigenvalue weighted by atomic mass is 10.0. The van der Waals surface area contributed by atoms with Crippen molar-refractivity contribution in [3.63, 3.8) is 0 Å². The first-order valence-electron chi connectivity index (χ1n) is 8.08. The first kappa shape index (κ1) is 16.8. The quantitative estimate of drug-likeness (QED) is 0.841. The van der Waals surface area contributed by atoms with Crippen LogP contribution in [0.3, 0.4) is 0 Å². The number of likely N-dealkylation sites (tertiary alicyclic amines) is 1. The molecule has 0 atom stereocenters. The largest absolute Gasteiger partial charge is 0.444 e. The van der Waals surface area contributed by atoms with E-state index in [1.807, 2.05) is 27.7 Å². The number of rotatable bonds is 2. The molecule has 1 amide bonds. The van der Waals surface area contributed by atoms with Crippen LogP contribution in [0.1, 0.15) is 71.1 Å². The molecule has 1 saturated heterocycles. The van der Waals surface area contributed by atoms with Crippen LogP contribution in [0.5, 0.6) is 0 Å². The van der Waals surface area contributed by atoms with Gasteiger partial charge in [-0.1, -0.05) is 13.8 Å². The van der Waals surface area contributed by atoms with Crippen LogP contribution >= 0.6 is 0 Å². The second-order valence-electron chi connectivity index (χ2n) is 7.33. The molecule has 0 N–H and O–H groups in total. The number of hydrogen-bond donors (Lipinski definition) is 0. The monoisotopic (exact) mass is 308 g/mol. The first-order valence-corrected chi connectivity index (χ1v) is 8.08. The number of carbonyl (C=O) groups excluding carboxylic acids is 1. The fourth-order valence-electron chi connectivity index (χ4n) is 2.86. The van der Waals surface area contributed by atoms with E-state index >= 15 is 0 Å². The molecule has 2 rings (SSSR count). The molecule has 1 aliphatic rings. The Balaban J connectivity index is 2.01. The molecule has 0 bridgehead atoms. The molecule has 1 aromatic rings. The lowest BCUT2D eigenvalue weighted by Gasteiger charge is -2.34. The Morgan fingerprint density at radius 1 is 1.23 bits per heavy atom. The highest BCUT2D eigenvalue weighted by Gasteiger charge is 2.29. The van der Waals surface area contributed by atoms with Crippen molar-refractivity contribution >= 4 is 6.09 Å². The highest BCUT2D eigenvalue weighted by atomic mass is 16.6. The summed E-state index contributed by atoms with van der Waals surface area (Å²) in [5.74, 6) is 2.35. The number of aromatic nitrogens is 3. The maximum Gasteiger partial charge on any atom is 0.410 e. The van der Waals surface area contributed by atoms with Crippen molar-refractivity contribution in [3.8, 4) is 0 Å². The summed E-state index contributed by atoms with van der Waals surface area (Å²) in [6, 6.07) is 0.367. The van der Waals surface area contributed by atoms with E-state index in [1.54, 1.807) is 4.90 Å². The highest BCUT2D eigenvalue weighted by molar-refractivity contribution is 5.68. The fraction of sp³-hybridized carbons (Fsp3) is 0.812. The Kier molecular flexibility index (Phi) is 4.78. The third-order valence-electron chi connectivity index (χ3n) is 3.89. The summed E-state index contributed by atoms with van der Waals surface area (Å²) in [7, 11) is 0. The van der Waals surface area contributed by atoms with Crippen LogP contribution in [0.4, 0.5) is 4.79 Å². The second kappa shape index (κ2) is 6.26. The third kappa shape index (κ3) is 3.78. The van der Waals surface area contributed by atoms with Gasteiger partial charge in [-0.15, -0.1) is 10.2 Å². The smallest absolute Gasteiger partial charge is 0.410 e. The Morgan fingerprint density at radius 3 is 2.32 bits per heavy atom. The van der Waals surface area contributed by atoms with Gasteiger partial charge in [0, 0.05) is 25.0 Å². The summed E-state index contributed by atoms with van der Waals surface area (Å²) in [5, 5.41) is 8.52. The number of hydrogen-bond acceptors (Lipinski definition) is 4. The standard InChI is InChI=1S/C16H28N4O2/c1-11(2)14-18-17-12(3)20(14)13-7-9-19(10-8-13)15(21)22-16(4,5)6/h11,13H,7-10H2,1-6H3. The maximum atomic E-state index is 12.1. The molecule has 1 aliphatic heterocycles. The molecule has 0 radical (unpaired) electrons. The normalized spacial score (nSPS) is 17.1. The maximum absolute atomic E-state index is 12.1. The van der Waals surface area contributed by atoms with Gasteiger partial charge in [0.15, 0.2) is 0 Å². The molecule has 22 heavy (non-hydrogen) atoms. The van der Waals surface area contributed by atoms with Gasteiger partial charge in [0.05, 0.1) is 0 Å². The minimum atomic E-state index is -0.441. The zero-order valence-electron chi connectivity index (χ0n) is 14.6. The van der Waals surface area contributed by atoms with Crippen LogP contribution in [0, 0.1) is 6.92 Å². The predicted octanol–water partition coefficient (Wildman–Crippen LogP) is 3.28. The average Bonchev–Trinajstić information content (AvgIpc) is 2.79. The Hall–Kier alpha value is -1.59. The molecule has 0 saturated carbocycles. The highest BCUT2D eigenvalue weighted by Crippen LogP contribution is 2.28. The lowest BCUT2D eigenvalue weighted by Crippen LogP contribution is -2.42. The van der Waals surface area contributed by atoms with Crippen LogP contribution in [0.25, 0.3) is 0 Å². The van der Waals surface area contributed by atoms with Gasteiger partial charge in [0.25, 0.3) is 0 Å². The molecule has 0 spiro atoms. The van der Waals surface area contributed by atoms with E-state index in [9.17, 15) is 4.79 Å². The summed E-state index contributed by atoms with van der Waals surface area (Å²) in [6.45, 7) is 13.4. The molecule has 0 unspecified atom stereocenters. The van der Waals surface area contributed by atoms with Gasteiger partial charge in [-0.3, -0.25) is 0 Å². The van der Waals surface area contributed by atoms with Gasteiger partial charge >= 0.3 is 6.09 Å². The van der Waals surface area contributed by atoms with Crippen molar-refractivity contribution in [1.82, 2.24) is 19.7 Å². The SMILES string of the molecule is Cc1nnc(C(C)C)n1C1CCN(C(=O)OC(C)(C)C)CC1. The molecule has 0 aromatic carbocycles. The van der Waals surface area contributed by atoms with E-state index in [4.69, 9.17) is 4.74 Å². The van der Waals surface area contributed by atoms with Crippen LogP contribution in [0.15, 0.2) is 0 Å². The molecule has 0 aliphatic carbocycles. The van der Waals surface area contributed by atoms with Gasteiger partial charge in [-0.05, 0) is 40.5 Å². The zero-order chi connectivity index (χ0) is 16.5. The van der Waals surface area contributed by atoms with E-state index in [0.29, 0.717) is 25.0 Å². The van der Waals surface area contributed by atoms with E-state index in [1.165, 1.54) is 0 Å². The number of amides is 1. The topological polar surface area (TPSA) is 60.2 Å². The van der Waals surface area contributed by atoms with Crippen molar-refractivity contribution in [3.05, 3.63) is 11.6 Å². The van der Waals surface area contributed by atoms with Gasteiger partial charge in [0.2, 0.25) is 0 Å². The van der Waals surface area contributed by atoms with Crippen molar-refractivity contribution < 1.29 is 9.53 Å². The number of nitrogens with zero attached hydrogens (tertiary/aromatic N) is 4. The molecule has 124 valence electrons. The van der Waals surface area contributed by atoms with Crippen LogP contribution in [0.2, 0.25) is 0 Å². The summed E-state index contributed by atoms with van der Waals surface area (Å²) >= 11 is 0. The van der Waals surface area contributed by atoms with Crippen molar-refractivity contribution in [2.75, 3.05) is 13.1 Å². The Morgan fingerprint density at radius 2 is 1.82 bits per heavy atom. The minimum Gasteiger partial charge on any atom is -0.444 e. The lowest BCUT2D eigenvalue weighted by molar-refractivity contribution is 0.0187.